The van der Waals surface area contributed by atoms with E-state index in [9.17, 15) is 14.7 Å². The SMILES string of the molecule is O=C(O)C1C2C=CC(C2)C1C(=O)Nc1ccnc(Cl)c1. The Morgan fingerprint density at radius 1 is 1.30 bits per heavy atom. The zero-order valence-corrected chi connectivity index (χ0v) is 11.2. The number of carboxylic acid groups (broad SMARTS) is 1. The van der Waals surface area contributed by atoms with Crippen LogP contribution in [0.3, 0.4) is 0 Å². The van der Waals surface area contributed by atoms with Gasteiger partial charge in [-0.05, 0) is 30.4 Å². The van der Waals surface area contributed by atoms with Crippen molar-refractivity contribution in [2.75, 3.05) is 5.32 Å². The van der Waals surface area contributed by atoms with Crippen molar-refractivity contribution in [3.63, 3.8) is 0 Å². The number of halogens is 1. The maximum Gasteiger partial charge on any atom is 0.307 e. The number of carboxylic acids is 1. The number of pyridine rings is 1. The Morgan fingerprint density at radius 2 is 2.00 bits per heavy atom. The number of aromatic nitrogens is 1. The third-order valence-electron chi connectivity index (χ3n) is 4.04. The normalized spacial score (nSPS) is 30.4. The summed E-state index contributed by atoms with van der Waals surface area (Å²) in [5.41, 5.74) is 0.533. The molecule has 104 valence electrons. The number of carbonyl (C=O) groups is 2. The third-order valence-corrected chi connectivity index (χ3v) is 4.25. The molecule has 6 heteroatoms. The number of nitrogens with one attached hydrogen (secondary N) is 1. The molecule has 1 aromatic rings. The average molecular weight is 293 g/mol. The van der Waals surface area contributed by atoms with Crippen LogP contribution in [0.2, 0.25) is 5.15 Å². The highest BCUT2D eigenvalue weighted by Gasteiger charge is 2.51. The van der Waals surface area contributed by atoms with Gasteiger partial charge in [0.15, 0.2) is 0 Å². The van der Waals surface area contributed by atoms with E-state index in [0.29, 0.717) is 5.69 Å². The summed E-state index contributed by atoms with van der Waals surface area (Å²) >= 11 is 5.76. The van der Waals surface area contributed by atoms with Gasteiger partial charge in [0, 0.05) is 11.9 Å². The van der Waals surface area contributed by atoms with Crippen molar-refractivity contribution < 1.29 is 14.7 Å². The third kappa shape index (κ3) is 2.18. The minimum atomic E-state index is -0.908. The Bertz CT molecular complexity index is 602. The molecule has 1 saturated carbocycles. The van der Waals surface area contributed by atoms with Crippen LogP contribution in [0, 0.1) is 23.7 Å². The van der Waals surface area contributed by atoms with Crippen LogP contribution in [0.15, 0.2) is 30.5 Å². The second-order valence-electron chi connectivity index (χ2n) is 5.19. The molecule has 2 aliphatic carbocycles. The molecule has 0 aromatic carbocycles. The van der Waals surface area contributed by atoms with Gasteiger partial charge in [-0.25, -0.2) is 4.98 Å². The number of hydrogen-bond acceptors (Lipinski definition) is 3. The van der Waals surface area contributed by atoms with Crippen LogP contribution in [0.4, 0.5) is 5.69 Å². The fourth-order valence-corrected chi connectivity index (χ4v) is 3.40. The van der Waals surface area contributed by atoms with Crippen molar-refractivity contribution in [2.45, 2.75) is 6.42 Å². The first-order valence-corrected chi connectivity index (χ1v) is 6.77. The first kappa shape index (κ1) is 13.1. The summed E-state index contributed by atoms with van der Waals surface area (Å²) < 4.78 is 0. The van der Waals surface area contributed by atoms with E-state index in [2.05, 4.69) is 10.3 Å². The monoisotopic (exact) mass is 292 g/mol. The highest BCUT2D eigenvalue weighted by Crippen LogP contribution is 2.48. The van der Waals surface area contributed by atoms with E-state index >= 15 is 0 Å². The molecule has 0 spiro atoms. The van der Waals surface area contributed by atoms with E-state index < -0.39 is 17.8 Å². The van der Waals surface area contributed by atoms with E-state index in [-0.39, 0.29) is 22.9 Å². The molecule has 0 saturated heterocycles. The van der Waals surface area contributed by atoms with Crippen molar-refractivity contribution in [3.8, 4) is 0 Å². The number of rotatable bonds is 3. The molecular weight excluding hydrogens is 280 g/mol. The van der Waals surface area contributed by atoms with Crippen LogP contribution in [0.1, 0.15) is 6.42 Å². The summed E-state index contributed by atoms with van der Waals surface area (Å²) in [4.78, 5) is 27.6. The second-order valence-corrected chi connectivity index (χ2v) is 5.58. The molecule has 4 unspecified atom stereocenters. The molecule has 1 fully saturated rings. The van der Waals surface area contributed by atoms with Gasteiger partial charge in [-0.2, -0.15) is 0 Å². The first-order chi connectivity index (χ1) is 9.56. The van der Waals surface area contributed by atoms with E-state index in [1.165, 1.54) is 12.3 Å². The standard InChI is InChI=1S/C14H13ClN2O3/c15-10-6-9(3-4-16-10)17-13(18)11-7-1-2-8(5-7)12(11)14(19)20/h1-4,6-8,11-12H,5H2,(H,19,20)(H,16,17,18). The average Bonchev–Trinajstić information content (AvgIpc) is 2.98. The maximum atomic E-state index is 12.4. The van der Waals surface area contributed by atoms with Gasteiger partial charge in [0.25, 0.3) is 0 Å². The number of amides is 1. The van der Waals surface area contributed by atoms with Gasteiger partial charge in [-0.1, -0.05) is 23.8 Å². The molecule has 3 rings (SSSR count). The van der Waals surface area contributed by atoms with Crippen molar-refractivity contribution in [3.05, 3.63) is 35.6 Å². The van der Waals surface area contributed by atoms with Crippen molar-refractivity contribution >= 4 is 29.2 Å². The first-order valence-electron chi connectivity index (χ1n) is 6.40. The fourth-order valence-electron chi connectivity index (χ4n) is 3.22. The smallest absolute Gasteiger partial charge is 0.307 e. The number of fused-ring (bicyclic) bond motifs is 2. The van der Waals surface area contributed by atoms with Gasteiger partial charge in [-0.3, -0.25) is 9.59 Å². The molecule has 4 atom stereocenters. The van der Waals surface area contributed by atoms with Gasteiger partial charge < -0.3 is 10.4 Å². The Labute approximate surface area is 120 Å². The van der Waals surface area contributed by atoms with Gasteiger partial charge in [0.1, 0.15) is 5.15 Å². The molecule has 2 bridgehead atoms. The summed E-state index contributed by atoms with van der Waals surface area (Å²) in [6, 6.07) is 3.17. The number of anilines is 1. The summed E-state index contributed by atoms with van der Waals surface area (Å²) in [6.07, 6.45) is 6.10. The van der Waals surface area contributed by atoms with Crippen LogP contribution >= 0.6 is 11.6 Å². The van der Waals surface area contributed by atoms with E-state index in [1.807, 2.05) is 12.2 Å². The number of carbonyl (C=O) groups excluding carboxylic acids is 1. The Morgan fingerprint density at radius 3 is 2.65 bits per heavy atom. The summed E-state index contributed by atoms with van der Waals surface area (Å²) in [6.45, 7) is 0. The largest absolute Gasteiger partial charge is 0.481 e. The lowest BCUT2D eigenvalue weighted by molar-refractivity contribution is -0.146. The molecule has 0 aliphatic heterocycles. The molecule has 1 aromatic heterocycles. The quantitative estimate of drug-likeness (QED) is 0.661. The number of nitrogens with zero attached hydrogens (tertiary/aromatic N) is 1. The topological polar surface area (TPSA) is 79.3 Å². The van der Waals surface area contributed by atoms with Crippen LogP contribution in [-0.4, -0.2) is 22.0 Å². The van der Waals surface area contributed by atoms with Crippen molar-refractivity contribution in [1.82, 2.24) is 4.98 Å². The Kier molecular flexibility index (Phi) is 3.22. The van der Waals surface area contributed by atoms with E-state index in [4.69, 9.17) is 11.6 Å². The highest BCUT2D eigenvalue weighted by molar-refractivity contribution is 6.29. The van der Waals surface area contributed by atoms with Gasteiger partial charge in [0.05, 0.1) is 11.8 Å². The summed E-state index contributed by atoms with van der Waals surface area (Å²) in [7, 11) is 0. The predicted octanol–water partition coefficient (Wildman–Crippen LogP) is 2.20. The van der Waals surface area contributed by atoms with E-state index in [0.717, 1.165) is 6.42 Å². The van der Waals surface area contributed by atoms with Gasteiger partial charge in [0.2, 0.25) is 5.91 Å². The van der Waals surface area contributed by atoms with Crippen LogP contribution in [-0.2, 0) is 9.59 Å². The Balaban J connectivity index is 1.80. The lowest BCUT2D eigenvalue weighted by Crippen LogP contribution is -2.36. The highest BCUT2D eigenvalue weighted by atomic mass is 35.5. The van der Waals surface area contributed by atoms with Crippen LogP contribution < -0.4 is 5.32 Å². The minimum absolute atomic E-state index is 0.0124. The summed E-state index contributed by atoms with van der Waals surface area (Å²) in [5.74, 6) is -2.35. The van der Waals surface area contributed by atoms with Gasteiger partial charge in [-0.15, -0.1) is 0 Å². The van der Waals surface area contributed by atoms with Crippen molar-refractivity contribution in [1.29, 1.82) is 0 Å². The van der Waals surface area contributed by atoms with Gasteiger partial charge >= 0.3 is 5.97 Å². The Hall–Kier alpha value is -1.88. The molecular formula is C14H13ClN2O3. The molecule has 2 N–H and O–H groups in total. The zero-order valence-electron chi connectivity index (χ0n) is 10.5. The van der Waals surface area contributed by atoms with Crippen LogP contribution in [0.5, 0.6) is 0 Å². The number of allylic oxidation sites excluding steroid dienone is 2. The lowest BCUT2D eigenvalue weighted by Gasteiger charge is -2.23. The minimum Gasteiger partial charge on any atom is -0.481 e. The lowest BCUT2D eigenvalue weighted by atomic mass is 9.82. The molecule has 1 amide bonds. The molecule has 1 heterocycles. The molecule has 5 nitrogen and oxygen atoms in total. The second kappa shape index (κ2) is 4.90. The van der Waals surface area contributed by atoms with Crippen LogP contribution in [0.25, 0.3) is 0 Å². The fraction of sp³-hybridized carbons (Fsp3) is 0.357. The van der Waals surface area contributed by atoms with Crippen molar-refractivity contribution in [2.24, 2.45) is 23.7 Å². The predicted molar refractivity (Wildman–Crippen MR) is 73.2 cm³/mol. The molecule has 0 radical (unpaired) electrons. The van der Waals surface area contributed by atoms with E-state index in [1.54, 1.807) is 6.07 Å². The maximum absolute atomic E-state index is 12.4. The number of aliphatic carboxylic acids is 1. The summed E-state index contributed by atoms with van der Waals surface area (Å²) in [5, 5.41) is 12.3. The zero-order chi connectivity index (χ0) is 14.3. The molecule has 2 aliphatic rings. The number of hydrogen-bond donors (Lipinski definition) is 2. The molecule has 20 heavy (non-hydrogen) atoms.